The van der Waals surface area contributed by atoms with E-state index in [1.165, 1.54) is 13.2 Å². The van der Waals surface area contributed by atoms with E-state index in [0.717, 1.165) is 0 Å². The van der Waals surface area contributed by atoms with Crippen LogP contribution in [0.1, 0.15) is 15.9 Å². The number of methoxy groups -OCH3 is 1. The van der Waals surface area contributed by atoms with E-state index < -0.39 is 18.0 Å². The van der Waals surface area contributed by atoms with Crippen molar-refractivity contribution in [3.63, 3.8) is 0 Å². The van der Waals surface area contributed by atoms with Crippen LogP contribution in [0.25, 0.3) is 0 Å². The highest BCUT2D eigenvalue weighted by atomic mass is 16.5. The number of benzene rings is 1. The predicted octanol–water partition coefficient (Wildman–Crippen LogP) is 0.461. The maximum Gasteiger partial charge on any atom is 0.337 e. The minimum atomic E-state index is -1.46. The summed E-state index contributed by atoms with van der Waals surface area (Å²) in [5.74, 6) is -1.78. The summed E-state index contributed by atoms with van der Waals surface area (Å²) in [5, 5.41) is 17.7. The molecule has 0 heterocycles. The van der Waals surface area contributed by atoms with Gasteiger partial charge in [-0.3, -0.25) is 0 Å². The number of hydrogen-bond donors (Lipinski definition) is 2. The van der Waals surface area contributed by atoms with E-state index in [1.807, 2.05) is 0 Å². The molecule has 2 N–H and O–H groups in total. The lowest BCUT2D eigenvalue weighted by Gasteiger charge is -2.06. The Morgan fingerprint density at radius 3 is 2.69 bits per heavy atom. The standard InChI is InChI=1S/C11H12O5/c1-16-11(15)8-4-2-3-7(5-8)6-9(12)10(13)14/h2-5,9,12H,6H2,1H3,(H,13,14). The van der Waals surface area contributed by atoms with Crippen LogP contribution in [0.2, 0.25) is 0 Å². The first-order valence-electron chi connectivity index (χ1n) is 4.62. The zero-order valence-electron chi connectivity index (χ0n) is 8.71. The van der Waals surface area contributed by atoms with E-state index in [-0.39, 0.29) is 6.42 Å². The van der Waals surface area contributed by atoms with Crippen molar-refractivity contribution in [2.24, 2.45) is 0 Å². The zero-order chi connectivity index (χ0) is 12.1. The fourth-order valence-corrected chi connectivity index (χ4v) is 1.25. The molecule has 1 rings (SSSR count). The first kappa shape index (κ1) is 12.2. The molecule has 1 aromatic carbocycles. The molecule has 0 aliphatic carbocycles. The minimum Gasteiger partial charge on any atom is -0.479 e. The van der Waals surface area contributed by atoms with Crippen LogP contribution in [0.3, 0.4) is 0 Å². The van der Waals surface area contributed by atoms with Crippen LogP contribution in [0, 0.1) is 0 Å². The SMILES string of the molecule is COC(=O)c1cccc(CC(O)C(=O)O)c1. The molecule has 16 heavy (non-hydrogen) atoms. The molecule has 0 aliphatic rings. The molecular formula is C11H12O5. The molecule has 0 aliphatic heterocycles. The summed E-state index contributed by atoms with van der Waals surface area (Å²) < 4.78 is 4.53. The molecule has 1 aromatic rings. The van der Waals surface area contributed by atoms with Gasteiger partial charge < -0.3 is 14.9 Å². The number of esters is 1. The zero-order valence-corrected chi connectivity index (χ0v) is 8.71. The fourth-order valence-electron chi connectivity index (χ4n) is 1.25. The Bertz CT molecular complexity index is 399. The van der Waals surface area contributed by atoms with Crippen molar-refractivity contribution in [2.75, 3.05) is 7.11 Å². The summed E-state index contributed by atoms with van der Waals surface area (Å²) in [6, 6.07) is 6.30. The van der Waals surface area contributed by atoms with Gasteiger partial charge in [-0.05, 0) is 17.7 Å². The Kier molecular flexibility index (Phi) is 4.02. The number of carboxylic acid groups (broad SMARTS) is 1. The number of carbonyl (C=O) groups is 2. The van der Waals surface area contributed by atoms with Gasteiger partial charge in [-0.1, -0.05) is 12.1 Å². The van der Waals surface area contributed by atoms with E-state index in [0.29, 0.717) is 11.1 Å². The van der Waals surface area contributed by atoms with Gasteiger partial charge in [-0.2, -0.15) is 0 Å². The van der Waals surface area contributed by atoms with Crippen molar-refractivity contribution in [1.29, 1.82) is 0 Å². The molecule has 0 fully saturated rings. The van der Waals surface area contributed by atoms with Crippen LogP contribution in [-0.4, -0.2) is 35.4 Å². The molecule has 0 spiro atoms. The van der Waals surface area contributed by atoms with Crippen molar-refractivity contribution in [3.8, 4) is 0 Å². The molecule has 1 unspecified atom stereocenters. The number of aliphatic hydroxyl groups is 1. The van der Waals surface area contributed by atoms with Crippen LogP contribution < -0.4 is 0 Å². The molecule has 0 saturated heterocycles. The van der Waals surface area contributed by atoms with Crippen LogP contribution in [0.4, 0.5) is 0 Å². The molecule has 0 radical (unpaired) electrons. The molecule has 1 atom stereocenters. The Morgan fingerprint density at radius 2 is 2.12 bits per heavy atom. The van der Waals surface area contributed by atoms with Gasteiger partial charge in [0.25, 0.3) is 0 Å². The highest BCUT2D eigenvalue weighted by Gasteiger charge is 2.14. The van der Waals surface area contributed by atoms with Gasteiger partial charge in [0, 0.05) is 6.42 Å². The molecule has 5 nitrogen and oxygen atoms in total. The van der Waals surface area contributed by atoms with Gasteiger partial charge in [0.1, 0.15) is 0 Å². The second-order valence-corrected chi connectivity index (χ2v) is 3.25. The first-order chi connectivity index (χ1) is 7.54. The summed E-state index contributed by atoms with van der Waals surface area (Å²) in [5.41, 5.74) is 0.899. The number of hydrogen-bond acceptors (Lipinski definition) is 4. The minimum absolute atomic E-state index is 0.0415. The highest BCUT2D eigenvalue weighted by Crippen LogP contribution is 2.09. The predicted molar refractivity (Wildman–Crippen MR) is 55.1 cm³/mol. The lowest BCUT2D eigenvalue weighted by molar-refractivity contribution is -0.146. The normalized spacial score (nSPS) is 11.9. The molecule has 5 heteroatoms. The Balaban J connectivity index is 2.82. The smallest absolute Gasteiger partial charge is 0.337 e. The van der Waals surface area contributed by atoms with Crippen LogP contribution in [-0.2, 0) is 16.0 Å². The maximum atomic E-state index is 11.2. The van der Waals surface area contributed by atoms with E-state index in [4.69, 9.17) is 10.2 Å². The van der Waals surface area contributed by atoms with Crippen molar-refractivity contribution in [2.45, 2.75) is 12.5 Å². The van der Waals surface area contributed by atoms with Crippen LogP contribution in [0.15, 0.2) is 24.3 Å². The molecule has 0 aromatic heterocycles. The Morgan fingerprint density at radius 1 is 1.44 bits per heavy atom. The quantitative estimate of drug-likeness (QED) is 0.726. The first-order valence-corrected chi connectivity index (χ1v) is 4.62. The van der Waals surface area contributed by atoms with Gasteiger partial charge >= 0.3 is 11.9 Å². The van der Waals surface area contributed by atoms with Gasteiger partial charge in [0.2, 0.25) is 0 Å². The fraction of sp³-hybridized carbons (Fsp3) is 0.273. The van der Waals surface area contributed by atoms with Crippen molar-refractivity contribution < 1.29 is 24.5 Å². The second kappa shape index (κ2) is 5.27. The number of aliphatic hydroxyl groups excluding tert-OH is 1. The van der Waals surface area contributed by atoms with Gasteiger partial charge in [-0.15, -0.1) is 0 Å². The third kappa shape index (κ3) is 3.06. The third-order valence-electron chi connectivity index (χ3n) is 2.06. The van der Waals surface area contributed by atoms with E-state index >= 15 is 0 Å². The molecule has 0 saturated carbocycles. The summed E-state index contributed by atoms with van der Waals surface area (Å²) in [6.07, 6.45) is -1.51. The average Bonchev–Trinajstić information content (AvgIpc) is 2.28. The molecular weight excluding hydrogens is 212 g/mol. The summed E-state index contributed by atoms with van der Waals surface area (Å²) >= 11 is 0. The Hall–Kier alpha value is -1.88. The lowest BCUT2D eigenvalue weighted by atomic mass is 10.1. The average molecular weight is 224 g/mol. The van der Waals surface area contributed by atoms with Crippen LogP contribution in [0.5, 0.6) is 0 Å². The van der Waals surface area contributed by atoms with E-state index in [9.17, 15) is 9.59 Å². The lowest BCUT2D eigenvalue weighted by Crippen LogP contribution is -2.22. The summed E-state index contributed by atoms with van der Waals surface area (Å²) in [4.78, 5) is 21.6. The number of ether oxygens (including phenoxy) is 1. The number of aliphatic carboxylic acids is 1. The van der Waals surface area contributed by atoms with Gasteiger partial charge in [-0.25, -0.2) is 9.59 Å². The highest BCUT2D eigenvalue weighted by molar-refractivity contribution is 5.89. The van der Waals surface area contributed by atoms with Gasteiger partial charge in [0.05, 0.1) is 12.7 Å². The molecule has 0 amide bonds. The van der Waals surface area contributed by atoms with Crippen LogP contribution >= 0.6 is 0 Å². The second-order valence-electron chi connectivity index (χ2n) is 3.25. The monoisotopic (exact) mass is 224 g/mol. The van der Waals surface area contributed by atoms with E-state index in [2.05, 4.69) is 4.74 Å². The Labute approximate surface area is 92.3 Å². The van der Waals surface area contributed by atoms with Gasteiger partial charge in [0.15, 0.2) is 6.10 Å². The van der Waals surface area contributed by atoms with Crippen molar-refractivity contribution in [3.05, 3.63) is 35.4 Å². The molecule has 0 bridgehead atoms. The van der Waals surface area contributed by atoms with Crippen molar-refractivity contribution in [1.82, 2.24) is 0 Å². The maximum absolute atomic E-state index is 11.2. The third-order valence-corrected chi connectivity index (χ3v) is 2.06. The topological polar surface area (TPSA) is 83.8 Å². The summed E-state index contributed by atoms with van der Waals surface area (Å²) in [7, 11) is 1.26. The van der Waals surface area contributed by atoms with Crippen molar-refractivity contribution >= 4 is 11.9 Å². The largest absolute Gasteiger partial charge is 0.479 e. The number of rotatable bonds is 4. The molecule has 86 valence electrons. The summed E-state index contributed by atoms with van der Waals surface area (Å²) in [6.45, 7) is 0. The number of carbonyl (C=O) groups excluding carboxylic acids is 1. The van der Waals surface area contributed by atoms with E-state index in [1.54, 1.807) is 18.2 Å². The number of carboxylic acids is 1.